The number of rotatable bonds is 1. The van der Waals surface area contributed by atoms with Gasteiger partial charge in [-0.3, -0.25) is 0 Å². The number of nitrogens with one attached hydrogen (secondary N) is 1. The van der Waals surface area contributed by atoms with Gasteiger partial charge in [-0.1, -0.05) is 6.42 Å². The van der Waals surface area contributed by atoms with Crippen LogP contribution in [0.3, 0.4) is 0 Å². The Morgan fingerprint density at radius 3 is 2.67 bits per heavy atom. The third-order valence-corrected chi connectivity index (χ3v) is 3.47. The van der Waals surface area contributed by atoms with E-state index < -0.39 is 11.8 Å². The van der Waals surface area contributed by atoms with Gasteiger partial charge < -0.3 is 5.32 Å². The quantitative estimate of drug-likeness (QED) is 0.644. The second-order valence-corrected chi connectivity index (χ2v) is 4.04. The number of hydrogen-bond donors (Lipinski definition) is 1. The summed E-state index contributed by atoms with van der Waals surface area (Å²) in [6.45, 7) is 0.930. The summed E-state index contributed by atoms with van der Waals surface area (Å²) >= 11 is 0. The number of alkyl halides is 2. The summed E-state index contributed by atoms with van der Waals surface area (Å²) in [4.78, 5) is 0. The molecule has 0 aromatic rings. The zero-order valence-corrected chi connectivity index (χ0v) is 7.15. The standard InChI is InChI=1S/C9H15F2N/c10-8(11)9-4-1-3-7(9)12-6-2-5-9/h7-8,12H,1-6H2. The lowest BCUT2D eigenvalue weighted by molar-refractivity contribution is -0.0368. The van der Waals surface area contributed by atoms with Gasteiger partial charge in [0.15, 0.2) is 0 Å². The van der Waals surface area contributed by atoms with Gasteiger partial charge in [-0.15, -0.1) is 0 Å². The molecule has 1 aliphatic carbocycles. The molecule has 0 bridgehead atoms. The van der Waals surface area contributed by atoms with Crippen LogP contribution in [-0.2, 0) is 0 Å². The van der Waals surface area contributed by atoms with Crippen LogP contribution in [0.15, 0.2) is 0 Å². The van der Waals surface area contributed by atoms with Crippen LogP contribution in [0.4, 0.5) is 8.78 Å². The molecule has 1 aliphatic heterocycles. The van der Waals surface area contributed by atoms with Gasteiger partial charge in [0.25, 0.3) is 0 Å². The molecule has 1 nitrogen and oxygen atoms in total. The van der Waals surface area contributed by atoms with Crippen LogP contribution in [0.2, 0.25) is 0 Å². The Kier molecular flexibility index (Phi) is 2.07. The minimum absolute atomic E-state index is 0.103. The molecule has 12 heavy (non-hydrogen) atoms. The van der Waals surface area contributed by atoms with E-state index in [1.807, 2.05) is 0 Å². The zero-order chi connectivity index (χ0) is 8.60. The van der Waals surface area contributed by atoms with Gasteiger partial charge in [0.05, 0.1) is 0 Å². The molecule has 2 rings (SSSR count). The third-order valence-electron chi connectivity index (χ3n) is 3.47. The lowest BCUT2D eigenvalue weighted by Crippen LogP contribution is -2.50. The Hall–Kier alpha value is -0.180. The van der Waals surface area contributed by atoms with Crippen LogP contribution in [0, 0.1) is 5.41 Å². The van der Waals surface area contributed by atoms with Crippen LogP contribution < -0.4 is 5.32 Å². The second-order valence-electron chi connectivity index (χ2n) is 4.04. The highest BCUT2D eigenvalue weighted by Gasteiger charge is 2.50. The van der Waals surface area contributed by atoms with Crippen molar-refractivity contribution < 1.29 is 8.78 Å². The molecule has 0 radical (unpaired) electrons. The molecule has 2 unspecified atom stereocenters. The Morgan fingerprint density at radius 2 is 2.00 bits per heavy atom. The monoisotopic (exact) mass is 175 g/mol. The Labute approximate surface area is 71.5 Å². The molecule has 1 N–H and O–H groups in total. The first kappa shape index (κ1) is 8.42. The summed E-state index contributed by atoms with van der Waals surface area (Å²) in [5.41, 5.74) is -0.655. The molecule has 2 fully saturated rings. The summed E-state index contributed by atoms with van der Waals surface area (Å²) in [7, 11) is 0. The van der Waals surface area contributed by atoms with E-state index >= 15 is 0 Å². The normalized spacial score (nSPS) is 41.8. The molecule has 3 heteroatoms. The number of hydrogen-bond acceptors (Lipinski definition) is 1. The van der Waals surface area contributed by atoms with Crippen LogP contribution >= 0.6 is 0 Å². The molecule has 0 spiro atoms. The van der Waals surface area contributed by atoms with Crippen molar-refractivity contribution >= 4 is 0 Å². The van der Waals surface area contributed by atoms with Crippen molar-refractivity contribution in [1.82, 2.24) is 5.32 Å². The summed E-state index contributed by atoms with van der Waals surface area (Å²) in [6.07, 6.45) is 2.16. The summed E-state index contributed by atoms with van der Waals surface area (Å²) in [5.74, 6) is 0. The van der Waals surface area contributed by atoms with Crippen molar-refractivity contribution in [1.29, 1.82) is 0 Å². The maximum absolute atomic E-state index is 12.8. The van der Waals surface area contributed by atoms with E-state index in [2.05, 4.69) is 5.32 Å². The van der Waals surface area contributed by atoms with E-state index in [0.29, 0.717) is 0 Å². The molecule has 0 aromatic carbocycles. The van der Waals surface area contributed by atoms with Gasteiger partial charge in [0.1, 0.15) is 0 Å². The maximum Gasteiger partial charge on any atom is 0.245 e. The largest absolute Gasteiger partial charge is 0.313 e. The van der Waals surface area contributed by atoms with Crippen LogP contribution in [0.1, 0.15) is 32.1 Å². The molecule has 70 valence electrons. The molecular weight excluding hydrogens is 160 g/mol. The van der Waals surface area contributed by atoms with Crippen LogP contribution in [-0.4, -0.2) is 19.0 Å². The Balaban J connectivity index is 2.17. The van der Waals surface area contributed by atoms with Crippen molar-refractivity contribution in [3.63, 3.8) is 0 Å². The first-order valence-corrected chi connectivity index (χ1v) is 4.77. The summed E-state index contributed by atoms with van der Waals surface area (Å²) in [5, 5.41) is 3.22. The second kappa shape index (κ2) is 2.95. The van der Waals surface area contributed by atoms with E-state index in [-0.39, 0.29) is 6.04 Å². The SMILES string of the molecule is FC(F)C12CCCNC1CCC2. The van der Waals surface area contributed by atoms with Crippen molar-refractivity contribution in [2.45, 2.75) is 44.6 Å². The number of piperidine rings is 1. The van der Waals surface area contributed by atoms with Gasteiger partial charge in [-0.05, 0) is 32.2 Å². The van der Waals surface area contributed by atoms with Crippen LogP contribution in [0.25, 0.3) is 0 Å². The smallest absolute Gasteiger partial charge is 0.245 e. The Morgan fingerprint density at radius 1 is 1.25 bits per heavy atom. The first-order valence-electron chi connectivity index (χ1n) is 4.77. The lowest BCUT2D eigenvalue weighted by atomic mass is 9.76. The zero-order valence-electron chi connectivity index (χ0n) is 7.15. The minimum Gasteiger partial charge on any atom is -0.313 e. The number of fused-ring (bicyclic) bond motifs is 1. The van der Waals surface area contributed by atoms with Crippen molar-refractivity contribution in [3.05, 3.63) is 0 Å². The fraction of sp³-hybridized carbons (Fsp3) is 1.00. The minimum atomic E-state index is -2.13. The van der Waals surface area contributed by atoms with Crippen LogP contribution in [0.5, 0.6) is 0 Å². The van der Waals surface area contributed by atoms with Crippen molar-refractivity contribution in [2.75, 3.05) is 6.54 Å². The van der Waals surface area contributed by atoms with Gasteiger partial charge in [0, 0.05) is 11.5 Å². The topological polar surface area (TPSA) is 12.0 Å². The molecule has 2 aliphatic rings. The van der Waals surface area contributed by atoms with E-state index in [4.69, 9.17) is 0 Å². The summed E-state index contributed by atoms with van der Waals surface area (Å²) < 4.78 is 25.7. The van der Waals surface area contributed by atoms with Gasteiger partial charge in [-0.25, -0.2) is 8.78 Å². The van der Waals surface area contributed by atoms with Gasteiger partial charge in [-0.2, -0.15) is 0 Å². The van der Waals surface area contributed by atoms with Crippen molar-refractivity contribution in [3.8, 4) is 0 Å². The van der Waals surface area contributed by atoms with Crippen molar-refractivity contribution in [2.24, 2.45) is 5.41 Å². The Bertz CT molecular complexity index is 172. The molecular formula is C9H15F2N. The highest BCUT2D eigenvalue weighted by atomic mass is 19.3. The molecule has 2 atom stereocenters. The third kappa shape index (κ3) is 1.06. The molecule has 1 saturated heterocycles. The van der Waals surface area contributed by atoms with E-state index in [9.17, 15) is 8.78 Å². The van der Waals surface area contributed by atoms with Gasteiger partial charge >= 0.3 is 0 Å². The molecule has 0 aromatic heterocycles. The van der Waals surface area contributed by atoms with E-state index in [0.717, 1.165) is 38.6 Å². The molecule has 0 amide bonds. The average Bonchev–Trinajstić information content (AvgIpc) is 2.48. The fourth-order valence-electron chi connectivity index (χ4n) is 2.77. The highest BCUT2D eigenvalue weighted by molar-refractivity contribution is 5.00. The lowest BCUT2D eigenvalue weighted by Gasteiger charge is -2.39. The maximum atomic E-state index is 12.8. The highest BCUT2D eigenvalue weighted by Crippen LogP contribution is 2.48. The van der Waals surface area contributed by atoms with E-state index in [1.165, 1.54) is 0 Å². The van der Waals surface area contributed by atoms with Gasteiger partial charge in [0.2, 0.25) is 6.43 Å². The predicted octanol–water partition coefficient (Wildman–Crippen LogP) is 2.17. The average molecular weight is 175 g/mol. The predicted molar refractivity (Wildman–Crippen MR) is 43.3 cm³/mol. The molecule has 1 heterocycles. The first-order chi connectivity index (χ1) is 5.76. The molecule has 1 saturated carbocycles. The van der Waals surface area contributed by atoms with E-state index in [1.54, 1.807) is 0 Å². The fourth-order valence-corrected chi connectivity index (χ4v) is 2.77. The summed E-state index contributed by atoms with van der Waals surface area (Å²) in [6, 6.07) is 0.103. The number of halogens is 2.